The lowest BCUT2D eigenvalue weighted by Gasteiger charge is -2.04. The zero-order valence-corrected chi connectivity index (χ0v) is 10.1. The van der Waals surface area contributed by atoms with E-state index >= 15 is 0 Å². The summed E-state index contributed by atoms with van der Waals surface area (Å²) in [6.45, 7) is 0. The highest BCUT2D eigenvalue weighted by Gasteiger charge is 2.04. The van der Waals surface area contributed by atoms with Gasteiger partial charge in [0, 0.05) is 0 Å². The van der Waals surface area contributed by atoms with Crippen LogP contribution in [0.3, 0.4) is 0 Å². The molecule has 0 aromatic heterocycles. The quantitative estimate of drug-likeness (QED) is 0.764. The Bertz CT molecular complexity index is 273. The number of hydrogen-bond donors (Lipinski definition) is 1. The van der Waals surface area contributed by atoms with Gasteiger partial charge in [-0.3, -0.25) is 0 Å². The van der Waals surface area contributed by atoms with Crippen molar-refractivity contribution in [3.05, 3.63) is 19.3 Å². The average molecular weight is 376 g/mol. The Kier molecular flexibility index (Phi) is 3.23. The molecular formula is C7H6I2O2. The fraction of sp³-hybridized carbons (Fsp3) is 0.143. The molecule has 0 amide bonds. The zero-order chi connectivity index (χ0) is 8.43. The second kappa shape index (κ2) is 3.79. The lowest BCUT2D eigenvalue weighted by Crippen LogP contribution is -1.87. The summed E-state index contributed by atoms with van der Waals surface area (Å²) < 4.78 is 6.78. The second-order valence-corrected chi connectivity index (χ2v) is 4.26. The Labute approximate surface area is 92.2 Å². The van der Waals surface area contributed by atoms with Crippen molar-refractivity contribution < 1.29 is 9.84 Å². The van der Waals surface area contributed by atoms with Gasteiger partial charge in [0.2, 0.25) is 0 Å². The van der Waals surface area contributed by atoms with Crippen LogP contribution in [0.1, 0.15) is 0 Å². The molecule has 0 unspecified atom stereocenters. The lowest BCUT2D eigenvalue weighted by atomic mass is 10.3. The first kappa shape index (κ1) is 9.37. The third kappa shape index (κ3) is 2.11. The maximum atomic E-state index is 9.25. The number of hydrogen-bond acceptors (Lipinski definition) is 2. The minimum atomic E-state index is 0.302. The molecule has 0 radical (unpaired) electrons. The monoisotopic (exact) mass is 376 g/mol. The molecule has 0 aliphatic rings. The van der Waals surface area contributed by atoms with Crippen LogP contribution in [0, 0.1) is 7.14 Å². The van der Waals surface area contributed by atoms with Crippen molar-refractivity contribution in [1.29, 1.82) is 0 Å². The molecule has 0 saturated carbocycles. The summed E-state index contributed by atoms with van der Waals surface area (Å²) in [6.07, 6.45) is 0. The first-order chi connectivity index (χ1) is 5.15. The highest BCUT2D eigenvalue weighted by atomic mass is 127. The molecule has 0 spiro atoms. The van der Waals surface area contributed by atoms with Gasteiger partial charge < -0.3 is 9.84 Å². The van der Waals surface area contributed by atoms with Gasteiger partial charge in [-0.15, -0.1) is 0 Å². The summed E-state index contributed by atoms with van der Waals surface area (Å²) in [5, 5.41) is 9.25. The number of rotatable bonds is 1. The van der Waals surface area contributed by atoms with E-state index in [4.69, 9.17) is 4.74 Å². The summed E-state index contributed by atoms with van der Waals surface area (Å²) in [5.74, 6) is 1.10. The predicted molar refractivity (Wildman–Crippen MR) is 60.1 cm³/mol. The summed E-state index contributed by atoms with van der Waals surface area (Å²) in [7, 11) is 1.62. The molecule has 1 N–H and O–H groups in total. The van der Waals surface area contributed by atoms with Gasteiger partial charge in [-0.2, -0.15) is 0 Å². The van der Waals surface area contributed by atoms with Gasteiger partial charge in [-0.25, -0.2) is 0 Å². The van der Waals surface area contributed by atoms with Gasteiger partial charge >= 0.3 is 0 Å². The minimum Gasteiger partial charge on any atom is -0.507 e. The van der Waals surface area contributed by atoms with Gasteiger partial charge in [0.15, 0.2) is 0 Å². The van der Waals surface area contributed by atoms with E-state index in [0.29, 0.717) is 5.75 Å². The molecule has 0 fully saturated rings. The standard InChI is InChI=1S/C7H6I2O2/c1-11-7-3-4(8)6(10)2-5(7)9/h2-3,10H,1H3. The molecule has 11 heavy (non-hydrogen) atoms. The predicted octanol–water partition coefficient (Wildman–Crippen LogP) is 2.61. The molecule has 4 heteroatoms. The van der Waals surface area contributed by atoms with E-state index in [1.165, 1.54) is 0 Å². The molecule has 0 aliphatic carbocycles. The maximum Gasteiger partial charge on any atom is 0.133 e. The molecule has 1 aromatic rings. The molecule has 0 heterocycles. The van der Waals surface area contributed by atoms with E-state index in [-0.39, 0.29) is 0 Å². The molecule has 0 atom stereocenters. The van der Waals surface area contributed by atoms with Gasteiger partial charge in [0.1, 0.15) is 11.5 Å². The number of halogens is 2. The topological polar surface area (TPSA) is 29.5 Å². The number of methoxy groups -OCH3 is 1. The third-order valence-corrected chi connectivity index (χ3v) is 2.93. The van der Waals surface area contributed by atoms with Crippen molar-refractivity contribution in [2.45, 2.75) is 0 Å². The Morgan fingerprint density at radius 2 is 1.91 bits per heavy atom. The van der Waals surface area contributed by atoms with E-state index in [2.05, 4.69) is 45.2 Å². The first-order valence-corrected chi connectivity index (χ1v) is 5.03. The molecule has 0 saturated heterocycles. The van der Waals surface area contributed by atoms with Gasteiger partial charge in [0.05, 0.1) is 14.3 Å². The number of ether oxygens (including phenoxy) is 1. The molecule has 0 bridgehead atoms. The molecular weight excluding hydrogens is 370 g/mol. The summed E-state index contributed by atoms with van der Waals surface area (Å²) >= 11 is 4.17. The van der Waals surface area contributed by atoms with Crippen LogP contribution in [0.25, 0.3) is 0 Å². The Morgan fingerprint density at radius 1 is 1.27 bits per heavy atom. The van der Waals surface area contributed by atoms with Crippen LogP contribution in [0.4, 0.5) is 0 Å². The highest BCUT2D eigenvalue weighted by molar-refractivity contribution is 14.1. The van der Waals surface area contributed by atoms with Gasteiger partial charge in [-0.1, -0.05) is 0 Å². The zero-order valence-electron chi connectivity index (χ0n) is 5.77. The lowest BCUT2D eigenvalue weighted by molar-refractivity contribution is 0.408. The normalized spacial score (nSPS) is 9.73. The SMILES string of the molecule is COc1cc(I)c(O)cc1I. The van der Waals surface area contributed by atoms with Gasteiger partial charge in [-0.05, 0) is 57.3 Å². The van der Waals surface area contributed by atoms with Crippen LogP contribution < -0.4 is 4.74 Å². The Hall–Kier alpha value is 0.280. The number of phenolic OH excluding ortho intramolecular Hbond substituents is 1. The van der Waals surface area contributed by atoms with Crippen LogP contribution in [0.2, 0.25) is 0 Å². The van der Waals surface area contributed by atoms with Crippen molar-refractivity contribution in [2.75, 3.05) is 7.11 Å². The second-order valence-electron chi connectivity index (χ2n) is 1.94. The van der Waals surface area contributed by atoms with E-state index in [1.807, 2.05) is 0 Å². The smallest absolute Gasteiger partial charge is 0.133 e. The van der Waals surface area contributed by atoms with Crippen LogP contribution in [-0.2, 0) is 0 Å². The van der Waals surface area contributed by atoms with E-state index in [1.54, 1.807) is 19.2 Å². The van der Waals surface area contributed by atoms with Crippen LogP contribution in [-0.4, -0.2) is 12.2 Å². The maximum absolute atomic E-state index is 9.25. The van der Waals surface area contributed by atoms with E-state index in [9.17, 15) is 5.11 Å². The van der Waals surface area contributed by atoms with Crippen molar-refractivity contribution >= 4 is 45.2 Å². The van der Waals surface area contributed by atoms with Crippen molar-refractivity contribution in [3.8, 4) is 11.5 Å². The average Bonchev–Trinajstić information content (AvgIpc) is 1.97. The summed E-state index contributed by atoms with van der Waals surface area (Å²) in [6, 6.07) is 3.48. The summed E-state index contributed by atoms with van der Waals surface area (Å²) in [4.78, 5) is 0. The van der Waals surface area contributed by atoms with E-state index in [0.717, 1.165) is 12.9 Å². The van der Waals surface area contributed by atoms with E-state index < -0.39 is 0 Å². The highest BCUT2D eigenvalue weighted by Crippen LogP contribution is 2.29. The Morgan fingerprint density at radius 3 is 2.45 bits per heavy atom. The fourth-order valence-electron chi connectivity index (χ4n) is 0.675. The number of benzene rings is 1. The number of phenols is 1. The summed E-state index contributed by atoms with van der Waals surface area (Å²) in [5.41, 5.74) is 0. The first-order valence-electron chi connectivity index (χ1n) is 2.87. The minimum absolute atomic E-state index is 0.302. The van der Waals surface area contributed by atoms with Crippen molar-refractivity contribution in [2.24, 2.45) is 0 Å². The molecule has 60 valence electrons. The Balaban J connectivity index is 3.21. The van der Waals surface area contributed by atoms with Crippen LogP contribution in [0.5, 0.6) is 11.5 Å². The third-order valence-electron chi connectivity index (χ3n) is 1.22. The molecule has 0 aliphatic heterocycles. The van der Waals surface area contributed by atoms with Crippen molar-refractivity contribution in [1.82, 2.24) is 0 Å². The largest absolute Gasteiger partial charge is 0.507 e. The molecule has 2 nitrogen and oxygen atoms in total. The van der Waals surface area contributed by atoms with Crippen LogP contribution in [0.15, 0.2) is 12.1 Å². The number of aromatic hydroxyl groups is 1. The van der Waals surface area contributed by atoms with Gasteiger partial charge in [0.25, 0.3) is 0 Å². The fourth-order valence-corrected chi connectivity index (χ4v) is 1.78. The molecule has 1 aromatic carbocycles. The van der Waals surface area contributed by atoms with Crippen LogP contribution >= 0.6 is 45.2 Å². The van der Waals surface area contributed by atoms with Crippen molar-refractivity contribution in [3.63, 3.8) is 0 Å². The molecule has 1 rings (SSSR count).